The Labute approximate surface area is 211 Å². The van der Waals surface area contributed by atoms with Gasteiger partial charge in [-0.25, -0.2) is 0 Å². The Balaban J connectivity index is 1.43. The number of β-amino-alcohol motifs (C(OH)–C–C–N with tert-alkyl or cyclic N) is 1. The summed E-state index contributed by atoms with van der Waals surface area (Å²) in [6.45, 7) is 17.0. The molecule has 0 radical (unpaired) electrons. The van der Waals surface area contributed by atoms with Gasteiger partial charge in [0.2, 0.25) is 0 Å². The molecule has 0 spiro atoms. The largest absolute Gasteiger partial charge is 0.491 e. The molecule has 1 N–H and O–H groups in total. The van der Waals surface area contributed by atoms with Crippen molar-refractivity contribution in [3.63, 3.8) is 0 Å². The molecule has 2 bridgehead atoms. The van der Waals surface area contributed by atoms with Gasteiger partial charge in [0.05, 0.1) is 0 Å². The predicted octanol–water partition coefficient (Wildman–Crippen LogP) is 5.08. The van der Waals surface area contributed by atoms with Crippen molar-refractivity contribution in [1.29, 1.82) is 0 Å². The lowest BCUT2D eigenvalue weighted by molar-refractivity contribution is 0.0380. The summed E-state index contributed by atoms with van der Waals surface area (Å²) in [5.74, 6) is 1.70. The number of aromatic nitrogens is 1. The highest BCUT2D eigenvalue weighted by Gasteiger charge is 2.35. The molecule has 0 unspecified atom stereocenters. The summed E-state index contributed by atoms with van der Waals surface area (Å²) in [5.41, 5.74) is 3.93. The molecule has 2 aliphatic heterocycles. The van der Waals surface area contributed by atoms with Crippen molar-refractivity contribution < 1.29 is 9.84 Å². The summed E-state index contributed by atoms with van der Waals surface area (Å²) >= 11 is 0. The minimum absolute atomic E-state index is 0.00406. The Hall–Kier alpha value is -2.11. The van der Waals surface area contributed by atoms with Crippen LogP contribution in [0.2, 0.25) is 0 Å². The monoisotopic (exact) mass is 480 g/mol. The van der Waals surface area contributed by atoms with Gasteiger partial charge in [0, 0.05) is 49.4 Å². The zero-order valence-electron chi connectivity index (χ0n) is 22.5. The van der Waals surface area contributed by atoms with Crippen molar-refractivity contribution in [2.24, 2.45) is 5.92 Å². The van der Waals surface area contributed by atoms with E-state index in [4.69, 9.17) is 4.74 Å². The molecule has 3 heterocycles. The van der Waals surface area contributed by atoms with Crippen LogP contribution in [0.3, 0.4) is 0 Å². The van der Waals surface area contributed by atoms with Crippen LogP contribution in [0.15, 0.2) is 41.2 Å². The SMILES string of the molecule is CCC(C)(C)c1ccc(OC[C@H](O)CN2C[C@H]3C[C@H](C2)c2cccc(=O)n2C3)c(C(C)(C)CC)c1. The van der Waals surface area contributed by atoms with Gasteiger partial charge in [-0.1, -0.05) is 59.7 Å². The third kappa shape index (κ3) is 5.51. The van der Waals surface area contributed by atoms with E-state index in [9.17, 15) is 9.90 Å². The van der Waals surface area contributed by atoms with Crippen LogP contribution in [0.1, 0.15) is 83.5 Å². The standard InChI is InChI=1S/C30H44N2O3/c1-7-29(3,4)23-12-13-27(25(15-23)30(5,6)8-2)35-20-24(33)19-31-16-21-14-22(18-31)26-10-9-11-28(34)32(26)17-21/h9-13,15,21-22,24,33H,7-8,14,16-20H2,1-6H3/t21-,22-,24-/m1/s1. The normalized spacial score (nSPS) is 21.5. The van der Waals surface area contributed by atoms with Crippen LogP contribution in [0.25, 0.3) is 0 Å². The topological polar surface area (TPSA) is 54.7 Å². The molecule has 0 amide bonds. The quantitative estimate of drug-likeness (QED) is 0.544. The Kier molecular flexibility index (Phi) is 7.49. The highest BCUT2D eigenvalue weighted by Crippen LogP contribution is 2.39. The second kappa shape index (κ2) is 10.1. The molecule has 5 heteroatoms. The van der Waals surface area contributed by atoms with Crippen LogP contribution in [0.5, 0.6) is 5.75 Å². The van der Waals surface area contributed by atoms with Crippen molar-refractivity contribution in [2.45, 2.75) is 90.2 Å². The second-order valence-corrected chi connectivity index (χ2v) is 12.1. The van der Waals surface area contributed by atoms with E-state index in [1.807, 2.05) is 10.6 Å². The summed E-state index contributed by atoms with van der Waals surface area (Å²) in [6, 6.07) is 12.2. The summed E-state index contributed by atoms with van der Waals surface area (Å²) in [5, 5.41) is 10.9. The molecule has 0 aliphatic carbocycles. The van der Waals surface area contributed by atoms with E-state index < -0.39 is 6.10 Å². The van der Waals surface area contributed by atoms with Crippen LogP contribution in [-0.2, 0) is 17.4 Å². The van der Waals surface area contributed by atoms with Crippen LogP contribution < -0.4 is 10.3 Å². The third-order valence-electron chi connectivity index (χ3n) is 8.71. The molecule has 35 heavy (non-hydrogen) atoms. The average molecular weight is 481 g/mol. The molecule has 2 aliphatic rings. The zero-order chi connectivity index (χ0) is 25.4. The van der Waals surface area contributed by atoms with Gasteiger partial charge in [0.15, 0.2) is 0 Å². The number of benzene rings is 1. The van der Waals surface area contributed by atoms with E-state index in [0.29, 0.717) is 18.4 Å². The number of piperidine rings is 1. The van der Waals surface area contributed by atoms with Crippen molar-refractivity contribution >= 4 is 0 Å². The molecule has 4 rings (SSSR count). The molecular formula is C30H44N2O3. The molecule has 1 saturated heterocycles. The van der Waals surface area contributed by atoms with E-state index in [2.05, 4.69) is 70.7 Å². The van der Waals surface area contributed by atoms with Crippen molar-refractivity contribution in [3.8, 4) is 5.75 Å². The smallest absolute Gasteiger partial charge is 0.250 e. The van der Waals surface area contributed by atoms with Crippen LogP contribution in [0.4, 0.5) is 0 Å². The molecule has 1 aromatic heterocycles. The van der Waals surface area contributed by atoms with Crippen LogP contribution in [0, 0.1) is 5.92 Å². The van der Waals surface area contributed by atoms with Crippen molar-refractivity contribution in [1.82, 2.24) is 9.47 Å². The average Bonchev–Trinajstić information content (AvgIpc) is 2.83. The number of pyridine rings is 1. The van der Waals surface area contributed by atoms with E-state index in [1.165, 1.54) is 11.1 Å². The second-order valence-electron chi connectivity index (χ2n) is 12.1. The van der Waals surface area contributed by atoms with Gasteiger partial charge in [-0.2, -0.15) is 0 Å². The molecule has 5 nitrogen and oxygen atoms in total. The number of ether oxygens (including phenoxy) is 1. The van der Waals surface area contributed by atoms with Crippen LogP contribution in [-0.4, -0.2) is 46.9 Å². The number of fused-ring (bicyclic) bond motifs is 4. The van der Waals surface area contributed by atoms with Crippen LogP contribution >= 0.6 is 0 Å². The Bertz CT molecular complexity index is 1090. The number of aliphatic hydroxyl groups excluding tert-OH is 1. The summed E-state index contributed by atoms with van der Waals surface area (Å²) in [6.07, 6.45) is 2.66. The number of hydrogen-bond donors (Lipinski definition) is 1. The number of likely N-dealkylation sites (tertiary alicyclic amines) is 1. The minimum Gasteiger partial charge on any atom is -0.491 e. The summed E-state index contributed by atoms with van der Waals surface area (Å²) in [7, 11) is 0. The number of aliphatic hydroxyl groups is 1. The Morgan fingerprint density at radius 1 is 1.03 bits per heavy atom. The predicted molar refractivity (Wildman–Crippen MR) is 143 cm³/mol. The lowest BCUT2D eigenvalue weighted by Crippen LogP contribution is -2.49. The van der Waals surface area contributed by atoms with Gasteiger partial charge in [-0.3, -0.25) is 9.69 Å². The summed E-state index contributed by atoms with van der Waals surface area (Å²) in [4.78, 5) is 14.6. The molecule has 0 saturated carbocycles. The lowest BCUT2D eigenvalue weighted by Gasteiger charge is -2.43. The van der Waals surface area contributed by atoms with Gasteiger partial charge < -0.3 is 14.4 Å². The Morgan fingerprint density at radius 2 is 1.77 bits per heavy atom. The fraction of sp³-hybridized carbons (Fsp3) is 0.633. The Morgan fingerprint density at radius 3 is 2.49 bits per heavy atom. The number of hydrogen-bond acceptors (Lipinski definition) is 4. The van der Waals surface area contributed by atoms with Gasteiger partial charge in [-0.15, -0.1) is 0 Å². The van der Waals surface area contributed by atoms with Gasteiger partial charge in [0.1, 0.15) is 18.5 Å². The first-order valence-electron chi connectivity index (χ1n) is 13.4. The van der Waals surface area contributed by atoms with E-state index >= 15 is 0 Å². The fourth-order valence-corrected chi connectivity index (χ4v) is 5.68. The summed E-state index contributed by atoms with van der Waals surface area (Å²) < 4.78 is 8.23. The maximum atomic E-state index is 12.3. The van der Waals surface area contributed by atoms with E-state index in [0.717, 1.165) is 50.3 Å². The maximum Gasteiger partial charge on any atom is 0.250 e. The molecule has 3 atom stereocenters. The molecule has 192 valence electrons. The minimum atomic E-state index is -0.559. The highest BCUT2D eigenvalue weighted by atomic mass is 16.5. The molecular weight excluding hydrogens is 436 g/mol. The van der Waals surface area contributed by atoms with Gasteiger partial charge in [-0.05, 0) is 53.7 Å². The van der Waals surface area contributed by atoms with Gasteiger partial charge >= 0.3 is 0 Å². The zero-order valence-corrected chi connectivity index (χ0v) is 22.5. The van der Waals surface area contributed by atoms with Crippen molar-refractivity contribution in [3.05, 3.63) is 63.6 Å². The molecule has 1 fully saturated rings. The van der Waals surface area contributed by atoms with Gasteiger partial charge in [0.25, 0.3) is 5.56 Å². The first-order valence-corrected chi connectivity index (χ1v) is 13.4. The van der Waals surface area contributed by atoms with Crippen molar-refractivity contribution in [2.75, 3.05) is 26.2 Å². The van der Waals surface area contributed by atoms with E-state index in [-0.39, 0.29) is 23.0 Å². The molecule has 2 aromatic rings. The first-order chi connectivity index (χ1) is 16.5. The maximum absolute atomic E-state index is 12.3. The highest BCUT2D eigenvalue weighted by molar-refractivity contribution is 5.44. The lowest BCUT2D eigenvalue weighted by atomic mass is 9.76. The first kappa shape index (κ1) is 26.0. The number of nitrogens with zero attached hydrogens (tertiary/aromatic N) is 2. The third-order valence-corrected chi connectivity index (χ3v) is 8.71. The fourth-order valence-electron chi connectivity index (χ4n) is 5.68. The van der Waals surface area contributed by atoms with E-state index in [1.54, 1.807) is 6.07 Å². The number of rotatable bonds is 9. The molecule has 1 aromatic carbocycles.